The molecule has 0 aliphatic heterocycles. The first-order valence-corrected chi connectivity index (χ1v) is 7.50. The molecule has 0 unspecified atom stereocenters. The van der Waals surface area contributed by atoms with Crippen LogP contribution in [0.3, 0.4) is 0 Å². The molecule has 0 saturated heterocycles. The van der Waals surface area contributed by atoms with E-state index in [0.717, 1.165) is 10.2 Å². The minimum atomic E-state index is -0.0306. The minimum Gasteiger partial charge on any atom is -0.311 e. The standard InChI is InChI=1S/C14H11ClN6S/c15-11-7-8(5-6-18-11)12(16)20-13(17)21-14-19-9-3-1-2-4-10(9)22-14/h1-7H,(H4,16,17,19,20,21). The van der Waals surface area contributed by atoms with Gasteiger partial charge in [0.05, 0.1) is 10.2 Å². The maximum Gasteiger partial charge on any atom is 0.200 e. The van der Waals surface area contributed by atoms with Gasteiger partial charge >= 0.3 is 0 Å². The molecule has 1 aromatic carbocycles. The van der Waals surface area contributed by atoms with Gasteiger partial charge in [-0.05, 0) is 24.3 Å². The Kier molecular flexibility index (Phi) is 3.99. The van der Waals surface area contributed by atoms with Crippen LogP contribution >= 0.6 is 22.9 Å². The first-order chi connectivity index (χ1) is 10.6. The van der Waals surface area contributed by atoms with Crippen LogP contribution in [-0.4, -0.2) is 21.8 Å². The molecule has 0 aliphatic carbocycles. The zero-order valence-corrected chi connectivity index (χ0v) is 12.8. The summed E-state index contributed by atoms with van der Waals surface area (Å²) in [6.07, 6.45) is 1.51. The molecule has 0 atom stereocenters. The number of fused-ring (bicyclic) bond motifs is 1. The van der Waals surface area contributed by atoms with Gasteiger partial charge in [0.15, 0.2) is 11.1 Å². The van der Waals surface area contributed by atoms with E-state index in [0.29, 0.717) is 15.8 Å². The number of aromatic nitrogens is 2. The summed E-state index contributed by atoms with van der Waals surface area (Å²) in [6, 6.07) is 10.9. The van der Waals surface area contributed by atoms with Crippen molar-refractivity contribution in [2.24, 2.45) is 0 Å². The molecule has 0 saturated carbocycles. The Bertz CT molecular complexity index is 826. The summed E-state index contributed by atoms with van der Waals surface area (Å²) >= 11 is 7.23. The van der Waals surface area contributed by atoms with E-state index in [9.17, 15) is 0 Å². The lowest BCUT2D eigenvalue weighted by Gasteiger charge is -2.09. The van der Waals surface area contributed by atoms with Crippen molar-refractivity contribution in [3.63, 3.8) is 0 Å². The van der Waals surface area contributed by atoms with E-state index in [1.54, 1.807) is 12.1 Å². The van der Waals surface area contributed by atoms with E-state index < -0.39 is 0 Å². The molecular weight excluding hydrogens is 320 g/mol. The van der Waals surface area contributed by atoms with Gasteiger partial charge in [-0.3, -0.25) is 10.8 Å². The van der Waals surface area contributed by atoms with Crippen LogP contribution in [0.2, 0.25) is 5.15 Å². The molecule has 110 valence electrons. The predicted octanol–water partition coefficient (Wildman–Crippen LogP) is 3.31. The number of pyridine rings is 1. The van der Waals surface area contributed by atoms with Crippen LogP contribution in [0.15, 0.2) is 42.6 Å². The fraction of sp³-hybridized carbons (Fsp3) is 0. The van der Waals surface area contributed by atoms with Crippen molar-refractivity contribution >= 4 is 50.1 Å². The van der Waals surface area contributed by atoms with Crippen LogP contribution in [0.25, 0.3) is 10.2 Å². The number of nitrogens with one attached hydrogen (secondary N) is 4. The number of amidine groups is 1. The molecule has 22 heavy (non-hydrogen) atoms. The Morgan fingerprint density at radius 3 is 2.77 bits per heavy atom. The number of hydrogen-bond acceptors (Lipinski definition) is 5. The summed E-state index contributed by atoms with van der Waals surface area (Å²) in [7, 11) is 0. The van der Waals surface area contributed by atoms with Gasteiger partial charge < -0.3 is 10.6 Å². The van der Waals surface area contributed by atoms with Gasteiger partial charge in [-0.25, -0.2) is 9.97 Å². The molecule has 2 heterocycles. The Balaban J connectivity index is 1.68. The molecule has 0 amide bonds. The minimum absolute atomic E-state index is 0.0306. The number of anilines is 1. The largest absolute Gasteiger partial charge is 0.311 e. The van der Waals surface area contributed by atoms with Crippen molar-refractivity contribution in [3.8, 4) is 0 Å². The monoisotopic (exact) mass is 330 g/mol. The fourth-order valence-corrected chi connectivity index (χ4v) is 2.86. The zero-order valence-electron chi connectivity index (χ0n) is 11.2. The van der Waals surface area contributed by atoms with Crippen molar-refractivity contribution in [2.45, 2.75) is 0 Å². The van der Waals surface area contributed by atoms with Crippen molar-refractivity contribution in [1.82, 2.24) is 15.3 Å². The van der Waals surface area contributed by atoms with E-state index in [4.69, 9.17) is 22.4 Å². The number of benzene rings is 1. The summed E-state index contributed by atoms with van der Waals surface area (Å²) in [6.45, 7) is 0. The number of guanidine groups is 1. The molecular formula is C14H11ClN6S. The van der Waals surface area contributed by atoms with Crippen LogP contribution in [0.4, 0.5) is 5.13 Å². The summed E-state index contributed by atoms with van der Waals surface area (Å²) in [4.78, 5) is 8.23. The van der Waals surface area contributed by atoms with E-state index in [2.05, 4.69) is 20.6 Å². The third-order valence-corrected chi connectivity index (χ3v) is 3.95. The van der Waals surface area contributed by atoms with E-state index in [1.165, 1.54) is 17.5 Å². The average Bonchev–Trinajstić information content (AvgIpc) is 2.89. The molecule has 0 aliphatic rings. The number of halogens is 1. The van der Waals surface area contributed by atoms with Crippen LogP contribution in [0.1, 0.15) is 5.56 Å². The number of rotatable bonds is 2. The van der Waals surface area contributed by atoms with Crippen LogP contribution in [0.5, 0.6) is 0 Å². The Labute approximate surface area is 135 Å². The van der Waals surface area contributed by atoms with Gasteiger partial charge in [0.2, 0.25) is 0 Å². The normalized spacial score (nSPS) is 10.4. The summed E-state index contributed by atoms with van der Waals surface area (Å²) in [5.41, 5.74) is 1.43. The van der Waals surface area contributed by atoms with Gasteiger partial charge in [-0.15, -0.1) is 0 Å². The smallest absolute Gasteiger partial charge is 0.200 e. The first kappa shape index (κ1) is 14.4. The van der Waals surface area contributed by atoms with Gasteiger partial charge in [0.1, 0.15) is 11.0 Å². The molecule has 0 fully saturated rings. The van der Waals surface area contributed by atoms with Gasteiger partial charge in [-0.2, -0.15) is 0 Å². The van der Waals surface area contributed by atoms with E-state index in [1.807, 2.05) is 24.3 Å². The zero-order chi connectivity index (χ0) is 15.5. The number of thiazole rings is 1. The van der Waals surface area contributed by atoms with Crippen molar-refractivity contribution in [2.75, 3.05) is 5.32 Å². The first-order valence-electron chi connectivity index (χ1n) is 6.30. The van der Waals surface area contributed by atoms with Gasteiger partial charge in [-0.1, -0.05) is 35.1 Å². The van der Waals surface area contributed by atoms with Crippen LogP contribution in [0, 0.1) is 10.8 Å². The van der Waals surface area contributed by atoms with Crippen LogP contribution in [-0.2, 0) is 0 Å². The van der Waals surface area contributed by atoms with Gasteiger partial charge in [0.25, 0.3) is 0 Å². The van der Waals surface area contributed by atoms with E-state index >= 15 is 0 Å². The summed E-state index contributed by atoms with van der Waals surface area (Å²) < 4.78 is 1.04. The number of hydrogen-bond donors (Lipinski definition) is 4. The average molecular weight is 331 g/mol. The highest BCUT2D eigenvalue weighted by molar-refractivity contribution is 7.22. The second-order valence-corrected chi connectivity index (χ2v) is 5.77. The molecule has 8 heteroatoms. The number of para-hydroxylation sites is 1. The third-order valence-electron chi connectivity index (χ3n) is 2.79. The second-order valence-electron chi connectivity index (χ2n) is 4.35. The lowest BCUT2D eigenvalue weighted by molar-refractivity contribution is 1.21. The van der Waals surface area contributed by atoms with Crippen molar-refractivity contribution in [3.05, 3.63) is 53.3 Å². The molecule has 2 aromatic heterocycles. The Hall–Kier alpha value is -2.51. The highest BCUT2D eigenvalue weighted by atomic mass is 35.5. The Morgan fingerprint density at radius 1 is 1.18 bits per heavy atom. The lowest BCUT2D eigenvalue weighted by atomic mass is 10.2. The lowest BCUT2D eigenvalue weighted by Crippen LogP contribution is -2.35. The predicted molar refractivity (Wildman–Crippen MR) is 90.2 cm³/mol. The molecule has 0 bridgehead atoms. The van der Waals surface area contributed by atoms with Crippen molar-refractivity contribution in [1.29, 1.82) is 10.8 Å². The Morgan fingerprint density at radius 2 is 2.00 bits per heavy atom. The van der Waals surface area contributed by atoms with Crippen molar-refractivity contribution < 1.29 is 0 Å². The quantitative estimate of drug-likeness (QED) is 0.329. The number of nitrogens with zero attached hydrogens (tertiary/aromatic N) is 2. The molecule has 4 N–H and O–H groups in total. The molecule has 0 radical (unpaired) electrons. The third kappa shape index (κ3) is 3.21. The maximum atomic E-state index is 7.93. The topological polar surface area (TPSA) is 97.5 Å². The maximum absolute atomic E-state index is 7.93. The van der Waals surface area contributed by atoms with Gasteiger partial charge in [0, 0.05) is 11.8 Å². The molecule has 3 rings (SSSR count). The molecule has 0 spiro atoms. The second kappa shape index (κ2) is 6.08. The summed E-state index contributed by atoms with van der Waals surface area (Å²) in [5.74, 6) is 0.0277. The summed E-state index contributed by atoms with van der Waals surface area (Å²) in [5, 5.41) is 22.2. The molecule has 6 nitrogen and oxygen atoms in total. The fourth-order valence-electron chi connectivity index (χ4n) is 1.82. The highest BCUT2D eigenvalue weighted by Crippen LogP contribution is 2.25. The molecule has 3 aromatic rings. The van der Waals surface area contributed by atoms with E-state index in [-0.39, 0.29) is 11.8 Å². The highest BCUT2D eigenvalue weighted by Gasteiger charge is 2.08. The van der Waals surface area contributed by atoms with Crippen LogP contribution < -0.4 is 10.6 Å². The SMILES string of the molecule is N=C(NC(=N)c1ccnc(Cl)c1)Nc1nc2ccccc2s1.